The van der Waals surface area contributed by atoms with E-state index in [1.54, 1.807) is 17.0 Å². The highest BCUT2D eigenvalue weighted by molar-refractivity contribution is 5.83. The van der Waals surface area contributed by atoms with Gasteiger partial charge in [-0.3, -0.25) is 0 Å². The number of fused-ring (bicyclic) bond motifs is 1. The van der Waals surface area contributed by atoms with E-state index in [2.05, 4.69) is 4.98 Å². The normalized spacial score (nSPS) is 16.6. The van der Waals surface area contributed by atoms with Crippen LogP contribution in [0.1, 0.15) is 39.2 Å². The van der Waals surface area contributed by atoms with Gasteiger partial charge in [0.1, 0.15) is 11.4 Å². The van der Waals surface area contributed by atoms with E-state index < -0.39 is 5.60 Å². The summed E-state index contributed by atoms with van der Waals surface area (Å²) in [6.45, 7) is 7.09. The first kappa shape index (κ1) is 16.8. The van der Waals surface area contributed by atoms with Crippen LogP contribution in [0.15, 0.2) is 24.4 Å². The van der Waals surface area contributed by atoms with Crippen molar-refractivity contribution in [2.75, 3.05) is 13.1 Å². The molecular formula is C19H25FN2O2. The molecule has 1 aliphatic rings. The molecule has 0 aliphatic carbocycles. The van der Waals surface area contributed by atoms with Crippen LogP contribution in [0.3, 0.4) is 0 Å². The molecule has 0 bridgehead atoms. The summed E-state index contributed by atoms with van der Waals surface area (Å²) in [6.07, 6.45) is 4.55. The van der Waals surface area contributed by atoms with Gasteiger partial charge in [0.05, 0.1) is 0 Å². The molecule has 2 aromatic rings. The molecule has 3 rings (SSSR count). The number of likely N-dealkylation sites (tertiary alicyclic amines) is 1. The van der Waals surface area contributed by atoms with Crippen molar-refractivity contribution in [3.8, 4) is 0 Å². The van der Waals surface area contributed by atoms with Gasteiger partial charge in [0, 0.05) is 30.2 Å². The Labute approximate surface area is 142 Å². The number of ether oxygens (including phenoxy) is 1. The van der Waals surface area contributed by atoms with Gasteiger partial charge in [0.15, 0.2) is 0 Å². The first-order valence-electron chi connectivity index (χ1n) is 8.55. The van der Waals surface area contributed by atoms with E-state index in [4.69, 9.17) is 4.74 Å². The summed E-state index contributed by atoms with van der Waals surface area (Å²) >= 11 is 0. The Bertz CT molecular complexity index is 725. The number of carbonyl (C=O) groups is 1. The molecule has 24 heavy (non-hydrogen) atoms. The van der Waals surface area contributed by atoms with E-state index in [1.807, 2.05) is 27.0 Å². The lowest BCUT2D eigenvalue weighted by Gasteiger charge is -2.33. The SMILES string of the molecule is CC(C)(C)OC(=O)N1CCC(Cc2c[nH]c3ccc(F)cc23)CC1. The second-order valence-electron chi connectivity index (χ2n) is 7.62. The van der Waals surface area contributed by atoms with E-state index in [9.17, 15) is 9.18 Å². The molecule has 1 saturated heterocycles. The number of aromatic nitrogens is 1. The molecule has 1 amide bonds. The number of rotatable bonds is 2. The first-order valence-corrected chi connectivity index (χ1v) is 8.55. The number of benzene rings is 1. The number of piperidine rings is 1. The van der Waals surface area contributed by atoms with Crippen LogP contribution in [0.4, 0.5) is 9.18 Å². The summed E-state index contributed by atoms with van der Waals surface area (Å²) in [5.74, 6) is 0.300. The molecule has 1 aromatic heterocycles. The fourth-order valence-electron chi connectivity index (χ4n) is 3.28. The van der Waals surface area contributed by atoms with E-state index in [-0.39, 0.29) is 11.9 Å². The summed E-state index contributed by atoms with van der Waals surface area (Å²) in [4.78, 5) is 17.1. The predicted octanol–water partition coefficient (Wildman–Crippen LogP) is 4.50. The third-order valence-corrected chi connectivity index (χ3v) is 4.50. The molecular weight excluding hydrogens is 307 g/mol. The van der Waals surface area contributed by atoms with Crippen LogP contribution in [0.25, 0.3) is 10.9 Å². The molecule has 1 fully saturated rings. The molecule has 0 saturated carbocycles. The number of aromatic amines is 1. The second kappa shape index (κ2) is 6.46. The van der Waals surface area contributed by atoms with Gasteiger partial charge < -0.3 is 14.6 Å². The fraction of sp³-hybridized carbons (Fsp3) is 0.526. The highest BCUT2D eigenvalue weighted by atomic mass is 19.1. The van der Waals surface area contributed by atoms with Crippen molar-refractivity contribution in [3.05, 3.63) is 35.8 Å². The zero-order valence-electron chi connectivity index (χ0n) is 14.6. The van der Waals surface area contributed by atoms with Crippen LogP contribution in [0, 0.1) is 11.7 Å². The summed E-state index contributed by atoms with van der Waals surface area (Å²) in [5, 5.41) is 0.963. The Kier molecular flexibility index (Phi) is 4.52. The zero-order valence-corrected chi connectivity index (χ0v) is 14.6. The number of nitrogens with one attached hydrogen (secondary N) is 1. The summed E-state index contributed by atoms with van der Waals surface area (Å²) in [6, 6.07) is 4.85. The largest absolute Gasteiger partial charge is 0.444 e. The van der Waals surface area contributed by atoms with Crippen LogP contribution in [-0.2, 0) is 11.2 Å². The maximum atomic E-state index is 13.5. The van der Waals surface area contributed by atoms with Crippen molar-refractivity contribution in [2.45, 2.75) is 45.6 Å². The topological polar surface area (TPSA) is 45.3 Å². The van der Waals surface area contributed by atoms with Gasteiger partial charge >= 0.3 is 6.09 Å². The number of amides is 1. The van der Waals surface area contributed by atoms with E-state index in [0.29, 0.717) is 5.92 Å². The average Bonchev–Trinajstić information content (AvgIpc) is 2.88. The molecule has 130 valence electrons. The lowest BCUT2D eigenvalue weighted by atomic mass is 9.90. The van der Waals surface area contributed by atoms with Crippen LogP contribution in [0.2, 0.25) is 0 Å². The standard InChI is InChI=1S/C19H25FN2O2/c1-19(2,3)24-18(23)22-8-6-13(7-9-22)10-14-12-21-17-5-4-15(20)11-16(14)17/h4-5,11-13,21H,6-10H2,1-3H3. The lowest BCUT2D eigenvalue weighted by Crippen LogP contribution is -2.42. The number of hydrogen-bond donors (Lipinski definition) is 1. The minimum Gasteiger partial charge on any atom is -0.444 e. The van der Waals surface area contributed by atoms with E-state index in [0.717, 1.165) is 48.8 Å². The smallest absolute Gasteiger partial charge is 0.410 e. The molecule has 0 atom stereocenters. The Morgan fingerprint density at radius 3 is 2.71 bits per heavy atom. The number of nitrogens with zero attached hydrogens (tertiary/aromatic N) is 1. The number of carbonyl (C=O) groups excluding carboxylic acids is 1. The quantitative estimate of drug-likeness (QED) is 0.880. The highest BCUT2D eigenvalue weighted by Crippen LogP contribution is 2.27. The fourth-order valence-corrected chi connectivity index (χ4v) is 3.28. The number of halogens is 1. The second-order valence-corrected chi connectivity index (χ2v) is 7.62. The highest BCUT2D eigenvalue weighted by Gasteiger charge is 2.27. The van der Waals surface area contributed by atoms with Crippen LogP contribution in [-0.4, -0.2) is 34.7 Å². The molecule has 0 unspecified atom stereocenters. The summed E-state index contributed by atoms with van der Waals surface area (Å²) < 4.78 is 18.9. The molecule has 1 aromatic carbocycles. The van der Waals surface area contributed by atoms with Gasteiger partial charge in [-0.25, -0.2) is 9.18 Å². The zero-order chi connectivity index (χ0) is 17.3. The van der Waals surface area contributed by atoms with Crippen molar-refractivity contribution in [3.63, 3.8) is 0 Å². The van der Waals surface area contributed by atoms with Crippen molar-refractivity contribution >= 4 is 17.0 Å². The molecule has 1 aliphatic heterocycles. The third kappa shape index (κ3) is 3.89. The molecule has 1 N–H and O–H groups in total. The molecule has 0 radical (unpaired) electrons. The van der Waals surface area contributed by atoms with Gasteiger partial charge in [-0.05, 0) is 69.7 Å². The van der Waals surface area contributed by atoms with E-state index in [1.165, 1.54) is 6.07 Å². The number of hydrogen-bond acceptors (Lipinski definition) is 2. The molecule has 0 spiro atoms. The average molecular weight is 332 g/mol. The molecule has 5 heteroatoms. The third-order valence-electron chi connectivity index (χ3n) is 4.50. The Balaban J connectivity index is 1.59. The van der Waals surface area contributed by atoms with Crippen molar-refractivity contribution in [1.82, 2.24) is 9.88 Å². The van der Waals surface area contributed by atoms with Gasteiger partial charge in [0.25, 0.3) is 0 Å². The van der Waals surface area contributed by atoms with Gasteiger partial charge in [-0.2, -0.15) is 0 Å². The van der Waals surface area contributed by atoms with Crippen molar-refractivity contribution in [1.29, 1.82) is 0 Å². The number of H-pyrrole nitrogens is 1. The van der Waals surface area contributed by atoms with Crippen LogP contribution in [0.5, 0.6) is 0 Å². The van der Waals surface area contributed by atoms with Gasteiger partial charge in [-0.1, -0.05) is 0 Å². The Morgan fingerprint density at radius 1 is 1.33 bits per heavy atom. The maximum Gasteiger partial charge on any atom is 0.410 e. The molecule has 4 nitrogen and oxygen atoms in total. The van der Waals surface area contributed by atoms with Crippen LogP contribution >= 0.6 is 0 Å². The first-order chi connectivity index (χ1) is 11.3. The summed E-state index contributed by atoms with van der Waals surface area (Å²) in [5.41, 5.74) is 1.67. The van der Waals surface area contributed by atoms with Gasteiger partial charge in [-0.15, -0.1) is 0 Å². The lowest BCUT2D eigenvalue weighted by molar-refractivity contribution is 0.0184. The van der Waals surface area contributed by atoms with Crippen LogP contribution < -0.4 is 0 Å². The maximum absolute atomic E-state index is 13.5. The molecule has 2 heterocycles. The van der Waals surface area contributed by atoms with Crippen molar-refractivity contribution < 1.29 is 13.9 Å². The van der Waals surface area contributed by atoms with E-state index >= 15 is 0 Å². The predicted molar refractivity (Wildman–Crippen MR) is 92.5 cm³/mol. The Hall–Kier alpha value is -2.04. The van der Waals surface area contributed by atoms with Crippen molar-refractivity contribution in [2.24, 2.45) is 5.92 Å². The summed E-state index contributed by atoms with van der Waals surface area (Å²) in [7, 11) is 0. The monoisotopic (exact) mass is 332 g/mol. The minimum atomic E-state index is -0.456. The Morgan fingerprint density at radius 2 is 2.04 bits per heavy atom. The van der Waals surface area contributed by atoms with Gasteiger partial charge in [0.2, 0.25) is 0 Å². The minimum absolute atomic E-state index is 0.205.